The van der Waals surface area contributed by atoms with Crippen LogP contribution >= 0.6 is 0 Å². The zero-order valence-electron chi connectivity index (χ0n) is 28.3. The van der Waals surface area contributed by atoms with Crippen LogP contribution in [0, 0.1) is 0 Å². The predicted octanol–water partition coefficient (Wildman–Crippen LogP) is 12.9. The summed E-state index contributed by atoms with van der Waals surface area (Å²) in [4.78, 5) is 0. The van der Waals surface area contributed by atoms with Crippen molar-refractivity contribution in [1.82, 2.24) is 4.57 Å². The number of nitrogens with zero attached hydrogens (tertiary/aromatic N) is 2. The summed E-state index contributed by atoms with van der Waals surface area (Å²) in [5.74, 6) is 1.57. The Hall–Kier alpha value is -0.790. The minimum Gasteiger partial charge on any atom is -0.234 e. The molecular formula is C38H75N2+. The van der Waals surface area contributed by atoms with Gasteiger partial charge in [0.05, 0.1) is 12.6 Å². The van der Waals surface area contributed by atoms with E-state index in [1.165, 1.54) is 193 Å². The van der Waals surface area contributed by atoms with E-state index >= 15 is 0 Å². The fourth-order valence-corrected chi connectivity index (χ4v) is 6.37. The molecule has 0 fully saturated rings. The molecule has 2 heteroatoms. The first-order chi connectivity index (χ1) is 19.7. The molecule has 0 aliphatic heterocycles. The fourth-order valence-electron chi connectivity index (χ4n) is 6.37. The minimum absolute atomic E-state index is 0.569. The standard InChI is InChI=1S/C38H75N2/c1-5-7-9-11-13-15-17-19-20-21-23-25-27-29-31-33-38-39(35-36-40(38)37(3)4)34-32-30-28-26-24-22-18-16-14-12-10-8-6-2/h35-37H,5-34H2,1-4H3/q+1. The molecule has 0 saturated carbocycles. The number of rotatable bonds is 31. The third-order valence-corrected chi connectivity index (χ3v) is 9.10. The molecule has 0 radical (unpaired) electrons. The highest BCUT2D eigenvalue weighted by atomic mass is 15.2. The lowest BCUT2D eigenvalue weighted by atomic mass is 10.0. The Morgan fingerprint density at radius 2 is 0.800 bits per heavy atom. The Kier molecular flexibility index (Phi) is 26.4. The van der Waals surface area contributed by atoms with Crippen molar-refractivity contribution in [1.29, 1.82) is 0 Å². The van der Waals surface area contributed by atoms with Crippen molar-refractivity contribution in [2.45, 2.75) is 226 Å². The monoisotopic (exact) mass is 560 g/mol. The van der Waals surface area contributed by atoms with Gasteiger partial charge in [-0.1, -0.05) is 174 Å². The van der Waals surface area contributed by atoms with Gasteiger partial charge in [-0.25, -0.2) is 9.13 Å². The van der Waals surface area contributed by atoms with Crippen molar-refractivity contribution in [3.8, 4) is 0 Å². The molecule has 0 amide bonds. The normalized spacial score (nSPS) is 11.7. The minimum atomic E-state index is 0.569. The molecule has 1 heterocycles. The molecule has 0 N–H and O–H groups in total. The first kappa shape index (κ1) is 37.2. The SMILES string of the molecule is CCCCCCCCCCCCCCCCCc1n(C(C)C)cc[n+]1CCCCCCCCCCCCCCC. The van der Waals surface area contributed by atoms with Crippen LogP contribution in [0.1, 0.15) is 219 Å². The van der Waals surface area contributed by atoms with E-state index in [2.05, 4.69) is 49.2 Å². The second kappa shape index (κ2) is 28.3. The van der Waals surface area contributed by atoms with Gasteiger partial charge in [0.15, 0.2) is 0 Å². The maximum atomic E-state index is 2.59. The van der Waals surface area contributed by atoms with E-state index in [4.69, 9.17) is 0 Å². The largest absolute Gasteiger partial charge is 0.256 e. The second-order valence-corrected chi connectivity index (χ2v) is 13.4. The van der Waals surface area contributed by atoms with Crippen LogP contribution in [0.15, 0.2) is 12.4 Å². The van der Waals surface area contributed by atoms with E-state index in [1.54, 1.807) is 5.82 Å². The fraction of sp³-hybridized carbons (Fsp3) is 0.921. The molecule has 0 atom stereocenters. The summed E-state index contributed by atoms with van der Waals surface area (Å²) < 4.78 is 5.12. The molecule has 0 spiro atoms. The lowest BCUT2D eigenvalue weighted by Gasteiger charge is -2.08. The van der Waals surface area contributed by atoms with Gasteiger partial charge in [0, 0.05) is 6.42 Å². The lowest BCUT2D eigenvalue weighted by Crippen LogP contribution is -2.37. The summed E-state index contributed by atoms with van der Waals surface area (Å²) in [5, 5.41) is 0. The average molecular weight is 560 g/mol. The third-order valence-electron chi connectivity index (χ3n) is 9.10. The van der Waals surface area contributed by atoms with Crippen LogP contribution in [0.2, 0.25) is 0 Å². The van der Waals surface area contributed by atoms with E-state index < -0.39 is 0 Å². The lowest BCUT2D eigenvalue weighted by molar-refractivity contribution is -0.704. The van der Waals surface area contributed by atoms with Gasteiger partial charge in [0.2, 0.25) is 0 Å². The molecule has 1 aromatic rings. The summed E-state index contributed by atoms with van der Waals surface area (Å²) in [5.41, 5.74) is 0. The zero-order valence-corrected chi connectivity index (χ0v) is 28.3. The Balaban J connectivity index is 2.05. The van der Waals surface area contributed by atoms with Gasteiger partial charge in [-0.15, -0.1) is 0 Å². The summed E-state index contributed by atoms with van der Waals surface area (Å²) in [6.45, 7) is 10.5. The van der Waals surface area contributed by atoms with Gasteiger partial charge in [-0.3, -0.25) is 0 Å². The smallest absolute Gasteiger partial charge is 0.234 e. The highest BCUT2D eigenvalue weighted by Crippen LogP contribution is 2.16. The highest BCUT2D eigenvalue weighted by Gasteiger charge is 2.18. The molecular weight excluding hydrogens is 484 g/mol. The van der Waals surface area contributed by atoms with E-state index in [0.717, 1.165) is 0 Å². The third kappa shape index (κ3) is 21.0. The van der Waals surface area contributed by atoms with Gasteiger partial charge in [-0.2, -0.15) is 0 Å². The van der Waals surface area contributed by atoms with Crippen LogP contribution in [-0.4, -0.2) is 4.57 Å². The molecule has 0 aliphatic rings. The van der Waals surface area contributed by atoms with Crippen LogP contribution in [0.5, 0.6) is 0 Å². The van der Waals surface area contributed by atoms with Gasteiger partial charge >= 0.3 is 0 Å². The molecule has 1 rings (SSSR count). The van der Waals surface area contributed by atoms with Crippen molar-refractivity contribution in [3.05, 3.63) is 18.2 Å². The van der Waals surface area contributed by atoms with E-state index in [-0.39, 0.29) is 0 Å². The molecule has 236 valence electrons. The van der Waals surface area contributed by atoms with E-state index in [1.807, 2.05) is 0 Å². The van der Waals surface area contributed by atoms with Crippen molar-refractivity contribution in [2.24, 2.45) is 0 Å². The highest BCUT2D eigenvalue weighted by molar-refractivity contribution is 4.86. The number of hydrogen-bond acceptors (Lipinski definition) is 0. The molecule has 0 bridgehead atoms. The molecule has 0 aromatic carbocycles. The Morgan fingerprint density at radius 1 is 0.475 bits per heavy atom. The topological polar surface area (TPSA) is 8.81 Å². The summed E-state index contributed by atoms with van der Waals surface area (Å²) in [6.07, 6.45) is 46.2. The van der Waals surface area contributed by atoms with Gasteiger partial charge in [-0.05, 0) is 33.1 Å². The summed E-state index contributed by atoms with van der Waals surface area (Å²) in [7, 11) is 0. The van der Waals surface area contributed by atoms with Crippen molar-refractivity contribution < 1.29 is 4.57 Å². The quantitative estimate of drug-likeness (QED) is 0.0631. The molecule has 0 saturated heterocycles. The number of aromatic nitrogens is 2. The molecule has 40 heavy (non-hydrogen) atoms. The van der Waals surface area contributed by atoms with Gasteiger partial charge in [0.25, 0.3) is 5.82 Å². The second-order valence-electron chi connectivity index (χ2n) is 13.4. The van der Waals surface area contributed by atoms with Crippen molar-refractivity contribution in [2.75, 3.05) is 0 Å². The van der Waals surface area contributed by atoms with Crippen LogP contribution in [-0.2, 0) is 13.0 Å². The Bertz CT molecular complexity index is 631. The number of imidazole rings is 1. The van der Waals surface area contributed by atoms with Crippen molar-refractivity contribution in [3.63, 3.8) is 0 Å². The maximum absolute atomic E-state index is 2.59. The first-order valence-electron chi connectivity index (χ1n) is 18.8. The zero-order chi connectivity index (χ0) is 28.9. The van der Waals surface area contributed by atoms with E-state index in [9.17, 15) is 0 Å². The molecule has 0 aliphatic carbocycles. The first-order valence-corrected chi connectivity index (χ1v) is 18.8. The Labute approximate surface area is 253 Å². The van der Waals surface area contributed by atoms with Crippen molar-refractivity contribution >= 4 is 0 Å². The van der Waals surface area contributed by atoms with Crippen LogP contribution < -0.4 is 4.57 Å². The van der Waals surface area contributed by atoms with Crippen LogP contribution in [0.25, 0.3) is 0 Å². The maximum Gasteiger partial charge on any atom is 0.256 e. The average Bonchev–Trinajstić information content (AvgIpc) is 3.36. The molecule has 2 nitrogen and oxygen atoms in total. The number of aryl methyl sites for hydroxylation is 1. The molecule has 0 unspecified atom stereocenters. The van der Waals surface area contributed by atoms with Crippen LogP contribution in [0.3, 0.4) is 0 Å². The molecule has 1 aromatic heterocycles. The van der Waals surface area contributed by atoms with Crippen LogP contribution in [0.4, 0.5) is 0 Å². The number of hydrogen-bond donors (Lipinski definition) is 0. The van der Waals surface area contributed by atoms with Gasteiger partial charge in [0.1, 0.15) is 12.4 Å². The number of unbranched alkanes of at least 4 members (excludes halogenated alkanes) is 26. The van der Waals surface area contributed by atoms with E-state index in [0.29, 0.717) is 6.04 Å². The van der Waals surface area contributed by atoms with Gasteiger partial charge < -0.3 is 0 Å². The summed E-state index contributed by atoms with van der Waals surface area (Å²) in [6, 6.07) is 0.569. The predicted molar refractivity (Wildman–Crippen MR) is 179 cm³/mol. The summed E-state index contributed by atoms with van der Waals surface area (Å²) >= 11 is 0. The Morgan fingerprint density at radius 3 is 1.15 bits per heavy atom.